The largest absolute Gasteiger partial charge is 0.306 e. The summed E-state index contributed by atoms with van der Waals surface area (Å²) in [4.78, 5) is 12.8. The third kappa shape index (κ3) is 3.63. The molecule has 144 valence electrons. The highest BCUT2D eigenvalue weighted by Crippen LogP contribution is 2.34. The molecule has 0 spiro atoms. The molecule has 0 aliphatic carbocycles. The van der Waals surface area contributed by atoms with Crippen molar-refractivity contribution < 1.29 is 13.2 Å². The van der Waals surface area contributed by atoms with Gasteiger partial charge in [0.2, 0.25) is 0 Å². The van der Waals surface area contributed by atoms with E-state index in [0.29, 0.717) is 27.0 Å². The number of anilines is 1. The van der Waals surface area contributed by atoms with Crippen molar-refractivity contribution >= 4 is 56.4 Å². The van der Waals surface area contributed by atoms with Gasteiger partial charge in [0.05, 0.1) is 33.5 Å². The lowest BCUT2D eigenvalue weighted by atomic mass is 10.2. The van der Waals surface area contributed by atoms with E-state index in [1.54, 1.807) is 30.3 Å². The number of hydrogen-bond donors (Lipinski definition) is 1. The fraction of sp³-hybridized carbons (Fsp3) is 0.111. The Balaban J connectivity index is 1.80. The molecule has 0 saturated carbocycles. The van der Waals surface area contributed by atoms with Crippen LogP contribution < -0.4 is 5.32 Å². The molecular formula is C18H12Cl3N3O3S. The van der Waals surface area contributed by atoms with Crippen LogP contribution in [0.5, 0.6) is 0 Å². The molecule has 10 heteroatoms. The van der Waals surface area contributed by atoms with Crippen LogP contribution in [0.2, 0.25) is 15.1 Å². The van der Waals surface area contributed by atoms with Gasteiger partial charge in [0.1, 0.15) is 5.82 Å². The molecule has 0 saturated heterocycles. The van der Waals surface area contributed by atoms with Gasteiger partial charge in [-0.25, -0.2) is 13.1 Å². The minimum absolute atomic E-state index is 0.174. The number of aromatic nitrogens is 2. The Labute approximate surface area is 175 Å². The average molecular weight is 457 g/mol. The molecule has 2 heterocycles. The SMILES string of the molecule is O=C(Nc1c2c(nn1-c1ccc(Cl)cc1)CS(=O)(=O)C2)c1cc(Cl)ccc1Cl. The number of nitrogens with zero attached hydrogens (tertiary/aromatic N) is 2. The van der Waals surface area contributed by atoms with E-state index < -0.39 is 15.7 Å². The molecule has 0 radical (unpaired) electrons. The number of sulfone groups is 1. The van der Waals surface area contributed by atoms with Gasteiger partial charge in [-0.05, 0) is 42.5 Å². The fourth-order valence-electron chi connectivity index (χ4n) is 2.99. The van der Waals surface area contributed by atoms with E-state index in [4.69, 9.17) is 34.8 Å². The lowest BCUT2D eigenvalue weighted by Gasteiger charge is -2.12. The molecule has 6 nitrogen and oxygen atoms in total. The standard InChI is InChI=1S/C18H12Cl3N3O3S/c19-10-1-4-12(5-2-10)24-17(14-8-28(26,27)9-16(14)23-24)22-18(25)13-7-11(20)3-6-15(13)21/h1-7H,8-9H2,(H,22,25). The minimum atomic E-state index is -3.30. The topological polar surface area (TPSA) is 81.1 Å². The summed E-state index contributed by atoms with van der Waals surface area (Å²) in [6, 6.07) is 11.3. The highest BCUT2D eigenvalue weighted by Gasteiger charge is 2.33. The zero-order chi connectivity index (χ0) is 20.1. The second-order valence-corrected chi connectivity index (χ2v) is 9.62. The molecule has 1 aliphatic rings. The number of carbonyl (C=O) groups excluding carboxylic acids is 1. The summed E-state index contributed by atoms with van der Waals surface area (Å²) in [5.74, 6) is -0.618. The number of rotatable bonds is 3. The predicted octanol–water partition coefficient (Wildman–Crippen LogP) is 4.51. The Morgan fingerprint density at radius 1 is 1.00 bits per heavy atom. The van der Waals surface area contributed by atoms with Gasteiger partial charge < -0.3 is 5.32 Å². The van der Waals surface area contributed by atoms with Crippen LogP contribution in [0.25, 0.3) is 5.69 Å². The molecule has 0 atom stereocenters. The van der Waals surface area contributed by atoms with Crippen molar-refractivity contribution in [2.45, 2.75) is 11.5 Å². The van der Waals surface area contributed by atoms with E-state index in [1.165, 1.54) is 16.8 Å². The number of carbonyl (C=O) groups is 1. The number of halogens is 3. The van der Waals surface area contributed by atoms with Crippen molar-refractivity contribution in [2.24, 2.45) is 0 Å². The molecule has 0 fully saturated rings. The highest BCUT2D eigenvalue weighted by molar-refractivity contribution is 7.90. The summed E-state index contributed by atoms with van der Waals surface area (Å²) in [5, 5.41) is 8.27. The summed E-state index contributed by atoms with van der Waals surface area (Å²) < 4.78 is 25.6. The van der Waals surface area contributed by atoms with Crippen LogP contribution in [0.3, 0.4) is 0 Å². The van der Waals surface area contributed by atoms with Crippen LogP contribution in [0.4, 0.5) is 5.82 Å². The van der Waals surface area contributed by atoms with E-state index in [1.807, 2.05) is 0 Å². The number of benzene rings is 2. The summed E-state index contributed by atoms with van der Waals surface area (Å²) in [5.41, 5.74) is 1.67. The zero-order valence-corrected chi connectivity index (χ0v) is 17.2. The Hall–Kier alpha value is -2.06. The maximum absolute atomic E-state index is 12.8. The first-order valence-electron chi connectivity index (χ1n) is 8.07. The monoisotopic (exact) mass is 455 g/mol. The number of nitrogens with one attached hydrogen (secondary N) is 1. The van der Waals surface area contributed by atoms with Gasteiger partial charge in [-0.15, -0.1) is 0 Å². The van der Waals surface area contributed by atoms with Crippen LogP contribution in [0.15, 0.2) is 42.5 Å². The van der Waals surface area contributed by atoms with E-state index in [-0.39, 0.29) is 27.9 Å². The third-order valence-corrected chi connectivity index (χ3v) is 6.52. The Morgan fingerprint density at radius 2 is 1.68 bits per heavy atom. The van der Waals surface area contributed by atoms with Crippen molar-refractivity contribution in [3.63, 3.8) is 0 Å². The van der Waals surface area contributed by atoms with Crippen molar-refractivity contribution in [2.75, 3.05) is 5.32 Å². The second kappa shape index (κ2) is 7.08. The van der Waals surface area contributed by atoms with E-state index in [0.717, 1.165) is 0 Å². The smallest absolute Gasteiger partial charge is 0.258 e. The van der Waals surface area contributed by atoms with E-state index in [2.05, 4.69) is 10.4 Å². The molecule has 4 rings (SSSR count). The van der Waals surface area contributed by atoms with E-state index in [9.17, 15) is 13.2 Å². The molecule has 1 amide bonds. The van der Waals surface area contributed by atoms with Crippen molar-refractivity contribution in [3.05, 3.63) is 74.4 Å². The Morgan fingerprint density at radius 3 is 2.39 bits per heavy atom. The van der Waals surface area contributed by atoms with Crippen molar-refractivity contribution in [3.8, 4) is 5.69 Å². The summed E-state index contributed by atoms with van der Waals surface area (Å²) in [6.07, 6.45) is 0. The lowest BCUT2D eigenvalue weighted by Crippen LogP contribution is -2.17. The maximum atomic E-state index is 12.8. The Kier molecular flexibility index (Phi) is 4.87. The first kappa shape index (κ1) is 19.3. The molecule has 28 heavy (non-hydrogen) atoms. The van der Waals surface area contributed by atoms with Crippen molar-refractivity contribution in [1.82, 2.24) is 9.78 Å². The molecule has 0 bridgehead atoms. The predicted molar refractivity (Wildman–Crippen MR) is 109 cm³/mol. The van der Waals surface area contributed by atoms with E-state index >= 15 is 0 Å². The van der Waals surface area contributed by atoms with Crippen LogP contribution >= 0.6 is 34.8 Å². The molecule has 3 aromatic rings. The van der Waals surface area contributed by atoms with Gasteiger partial charge in [0.15, 0.2) is 9.84 Å². The zero-order valence-electron chi connectivity index (χ0n) is 14.1. The normalized spacial score (nSPS) is 14.7. The fourth-order valence-corrected chi connectivity index (χ4v) is 4.98. The van der Waals surface area contributed by atoms with Gasteiger partial charge in [0, 0.05) is 15.6 Å². The molecule has 1 aliphatic heterocycles. The van der Waals surface area contributed by atoms with Crippen LogP contribution in [0.1, 0.15) is 21.6 Å². The van der Waals surface area contributed by atoms with Gasteiger partial charge in [-0.1, -0.05) is 34.8 Å². The Bertz CT molecular complexity index is 1200. The first-order valence-corrected chi connectivity index (χ1v) is 11.0. The average Bonchev–Trinajstić information content (AvgIpc) is 3.10. The third-order valence-electron chi connectivity index (χ3n) is 4.26. The molecule has 0 unspecified atom stereocenters. The molecule has 2 aromatic carbocycles. The summed E-state index contributed by atoms with van der Waals surface area (Å²) in [6.45, 7) is 0. The van der Waals surface area contributed by atoms with Crippen LogP contribution in [0, 0.1) is 0 Å². The summed E-state index contributed by atoms with van der Waals surface area (Å²) in [7, 11) is -3.30. The highest BCUT2D eigenvalue weighted by atomic mass is 35.5. The maximum Gasteiger partial charge on any atom is 0.258 e. The van der Waals surface area contributed by atoms with Crippen molar-refractivity contribution in [1.29, 1.82) is 0 Å². The number of amides is 1. The second-order valence-electron chi connectivity index (χ2n) is 6.27. The van der Waals surface area contributed by atoms with Gasteiger partial charge >= 0.3 is 0 Å². The summed E-state index contributed by atoms with van der Waals surface area (Å²) >= 11 is 18.0. The lowest BCUT2D eigenvalue weighted by molar-refractivity contribution is 0.102. The van der Waals surface area contributed by atoms with Crippen LogP contribution in [-0.2, 0) is 21.3 Å². The van der Waals surface area contributed by atoms with Gasteiger partial charge in [-0.3, -0.25) is 4.79 Å². The number of fused-ring (bicyclic) bond motifs is 1. The molecular weight excluding hydrogens is 445 g/mol. The minimum Gasteiger partial charge on any atom is -0.306 e. The molecule has 1 N–H and O–H groups in total. The van der Waals surface area contributed by atoms with Gasteiger partial charge in [-0.2, -0.15) is 5.10 Å². The van der Waals surface area contributed by atoms with Crippen LogP contribution in [-0.4, -0.2) is 24.1 Å². The quantitative estimate of drug-likeness (QED) is 0.628. The molecule has 1 aromatic heterocycles. The number of hydrogen-bond acceptors (Lipinski definition) is 4. The van der Waals surface area contributed by atoms with Gasteiger partial charge in [0.25, 0.3) is 5.91 Å². The first-order chi connectivity index (χ1) is 13.2.